The molecule has 2 saturated carbocycles. The van der Waals surface area contributed by atoms with Crippen molar-refractivity contribution in [3.8, 4) is 0 Å². The van der Waals surface area contributed by atoms with Crippen molar-refractivity contribution < 1.29 is 91.5 Å². The summed E-state index contributed by atoms with van der Waals surface area (Å²) in [5, 5.41) is 39.9. The molecule has 3 aliphatic carbocycles. The van der Waals surface area contributed by atoms with E-state index in [1.807, 2.05) is 0 Å². The number of hydrogen-bond acceptors (Lipinski definition) is 19. The fraction of sp³-hybridized carbons (Fsp3) is 0.580. The fourth-order valence-corrected chi connectivity index (χ4v) is 10.9. The summed E-state index contributed by atoms with van der Waals surface area (Å²) < 4.78 is 47.9. The summed E-state index contributed by atoms with van der Waals surface area (Å²) in [6.07, 6.45) is -15.0. The minimum absolute atomic E-state index is 0.0816. The number of alkyl carbamates (subject to hydrolysis) is 1. The van der Waals surface area contributed by atoms with Gasteiger partial charge in [-0.1, -0.05) is 132 Å². The number of aliphatic hydroxyl groups is 3. The van der Waals surface area contributed by atoms with Gasteiger partial charge in [0.05, 0.1) is 36.2 Å². The van der Waals surface area contributed by atoms with Crippen LogP contribution < -0.4 is 5.32 Å². The maximum atomic E-state index is 16.3. The molecule has 11 atom stereocenters. The summed E-state index contributed by atoms with van der Waals surface area (Å²) in [6.45, 7) is 7.35. The number of fused-ring (bicyclic) bond motifs is 5. The molecule has 26 heteroatoms. The highest BCUT2D eigenvalue weighted by Gasteiger charge is 2.79. The quantitative estimate of drug-likeness (QED) is 0.0647. The second-order valence-electron chi connectivity index (χ2n) is 20.6. The van der Waals surface area contributed by atoms with Crippen LogP contribution in [0.15, 0.2) is 71.8 Å². The summed E-state index contributed by atoms with van der Waals surface area (Å²) >= 11 is 35.4. The lowest BCUT2D eigenvalue weighted by molar-refractivity contribution is -0.346. The van der Waals surface area contributed by atoms with E-state index >= 15 is 4.79 Å². The second-order valence-corrected chi connectivity index (χ2v) is 25.7. The Morgan fingerprint density at radius 3 is 1.88 bits per heavy atom. The molecule has 4 aliphatic rings. The zero-order valence-corrected chi connectivity index (χ0v) is 46.7. The van der Waals surface area contributed by atoms with Gasteiger partial charge in [0, 0.05) is 25.2 Å². The fourth-order valence-electron chi connectivity index (χ4n) is 10.6. The van der Waals surface area contributed by atoms with Crippen molar-refractivity contribution >= 4 is 112 Å². The molecule has 1 aliphatic heterocycles. The molecule has 2 aromatic rings. The zero-order valence-electron chi connectivity index (χ0n) is 42.2. The standard InChI is InChI=1S/C50H57Cl6NO19/c1-25-29(71-39(62)46(66,21-58)35(27-15-11-9-12-16-27)57-40(63)76-43(3,4)5)20-48(67)37(74-38(61)28-17-13-10-14-18-28)34-45(8,36(60)33(32(25)44(48,6)7)73-42(65)70-24-50(54,55)56)30(72-41(64)69-23-49(51,52)53)19-31-47(34,22-68-31)75-26(2)59/h9-18,29-31,33-35,37,58,66-67H,19-24H2,1-8H3,(H,57,63)/t29-,30-,31+,33+,34-,35-,37-,45+,46-,47-,48+/m0/s1. The van der Waals surface area contributed by atoms with Gasteiger partial charge in [-0.05, 0) is 63.5 Å². The predicted octanol–water partition coefficient (Wildman–Crippen LogP) is 7.68. The van der Waals surface area contributed by atoms with Gasteiger partial charge in [-0.3, -0.25) is 9.59 Å². The Balaban J connectivity index is 1.64. The van der Waals surface area contributed by atoms with Gasteiger partial charge in [0.1, 0.15) is 48.8 Å². The molecule has 3 fully saturated rings. The van der Waals surface area contributed by atoms with Crippen molar-refractivity contribution in [2.24, 2.45) is 16.7 Å². The summed E-state index contributed by atoms with van der Waals surface area (Å²) in [6, 6.07) is 13.1. The Morgan fingerprint density at radius 1 is 0.829 bits per heavy atom. The van der Waals surface area contributed by atoms with Crippen LogP contribution in [0.2, 0.25) is 0 Å². The number of rotatable bonds is 13. The molecular formula is C50H57Cl6NO19. The molecule has 0 aromatic heterocycles. The van der Waals surface area contributed by atoms with Crippen molar-refractivity contribution in [3.63, 3.8) is 0 Å². The van der Waals surface area contributed by atoms with Crippen LogP contribution in [0.4, 0.5) is 14.4 Å². The number of aliphatic hydroxyl groups excluding tert-OH is 1. The highest BCUT2D eigenvalue weighted by molar-refractivity contribution is 6.68. The van der Waals surface area contributed by atoms with Crippen LogP contribution in [0.3, 0.4) is 0 Å². The van der Waals surface area contributed by atoms with Crippen LogP contribution in [0.1, 0.15) is 90.2 Å². The van der Waals surface area contributed by atoms with Crippen LogP contribution in [-0.2, 0) is 57.0 Å². The normalized spacial score (nSPS) is 29.1. The lowest BCUT2D eigenvalue weighted by Crippen LogP contribution is -2.82. The van der Waals surface area contributed by atoms with Gasteiger partial charge in [0.2, 0.25) is 13.2 Å². The first-order valence-corrected chi connectivity index (χ1v) is 25.8. The van der Waals surface area contributed by atoms with Gasteiger partial charge < -0.3 is 63.3 Å². The molecule has 1 amide bonds. The number of amides is 1. The molecule has 2 bridgehead atoms. The predicted molar refractivity (Wildman–Crippen MR) is 271 cm³/mol. The molecule has 4 N–H and O–H groups in total. The molecule has 0 unspecified atom stereocenters. The van der Waals surface area contributed by atoms with Crippen LogP contribution in [0, 0.1) is 16.7 Å². The molecule has 1 saturated heterocycles. The first-order chi connectivity index (χ1) is 35.0. The number of alkyl halides is 6. The number of esters is 3. The van der Waals surface area contributed by atoms with Crippen LogP contribution in [0.25, 0.3) is 0 Å². The van der Waals surface area contributed by atoms with E-state index in [-0.39, 0.29) is 22.3 Å². The largest absolute Gasteiger partial charge is 0.509 e. The van der Waals surface area contributed by atoms with E-state index in [1.54, 1.807) is 32.9 Å². The highest BCUT2D eigenvalue weighted by atomic mass is 35.6. The molecule has 0 radical (unpaired) electrons. The Hall–Kier alpha value is -4.35. The first-order valence-electron chi connectivity index (χ1n) is 23.5. The summed E-state index contributed by atoms with van der Waals surface area (Å²) in [5.41, 5.74) is -13.9. The highest BCUT2D eigenvalue weighted by Crippen LogP contribution is 2.65. The third-order valence-electron chi connectivity index (χ3n) is 14.1. The Morgan fingerprint density at radius 2 is 1.38 bits per heavy atom. The summed E-state index contributed by atoms with van der Waals surface area (Å²) in [4.78, 5) is 100. The molecule has 0 spiro atoms. The van der Waals surface area contributed by atoms with E-state index in [0.717, 1.165) is 6.92 Å². The van der Waals surface area contributed by atoms with Gasteiger partial charge in [-0.2, -0.15) is 0 Å². The van der Waals surface area contributed by atoms with Gasteiger partial charge >= 0.3 is 36.3 Å². The van der Waals surface area contributed by atoms with Crippen molar-refractivity contribution in [3.05, 3.63) is 82.9 Å². The molecule has 1 heterocycles. The van der Waals surface area contributed by atoms with E-state index in [0.29, 0.717) is 0 Å². The molecular weight excluding hydrogens is 1130 g/mol. The maximum absolute atomic E-state index is 16.3. The summed E-state index contributed by atoms with van der Waals surface area (Å²) in [7, 11) is 0. The van der Waals surface area contributed by atoms with Gasteiger partial charge in [-0.15, -0.1) is 0 Å². The third-order valence-corrected chi connectivity index (χ3v) is 14.8. The topological polar surface area (TPSA) is 275 Å². The summed E-state index contributed by atoms with van der Waals surface area (Å²) in [5.74, 6) is -6.75. The van der Waals surface area contributed by atoms with Crippen molar-refractivity contribution in [2.75, 3.05) is 26.4 Å². The zero-order chi connectivity index (χ0) is 56.8. The van der Waals surface area contributed by atoms with E-state index < -0.39 is 165 Å². The van der Waals surface area contributed by atoms with Gasteiger partial charge in [0.25, 0.3) is 0 Å². The molecule has 6 rings (SSSR count). The number of benzene rings is 2. The first kappa shape index (κ1) is 60.9. The Labute approximate surface area is 467 Å². The van der Waals surface area contributed by atoms with E-state index in [2.05, 4.69) is 5.32 Å². The smallest absolute Gasteiger partial charge is 0.455 e. The van der Waals surface area contributed by atoms with Crippen LogP contribution >= 0.6 is 69.6 Å². The number of carbonyl (C=O) groups is 7. The van der Waals surface area contributed by atoms with E-state index in [9.17, 15) is 44.1 Å². The molecule has 76 heavy (non-hydrogen) atoms. The van der Waals surface area contributed by atoms with Crippen LogP contribution in [0.5, 0.6) is 0 Å². The van der Waals surface area contributed by atoms with Crippen molar-refractivity contribution in [2.45, 2.75) is 135 Å². The molecule has 418 valence electrons. The average molecular weight is 1190 g/mol. The van der Waals surface area contributed by atoms with E-state index in [1.165, 1.54) is 76.2 Å². The number of halogens is 6. The monoisotopic (exact) mass is 1190 g/mol. The minimum atomic E-state index is -3.07. The van der Waals surface area contributed by atoms with Crippen LogP contribution in [-0.4, -0.2) is 144 Å². The minimum Gasteiger partial charge on any atom is -0.455 e. The number of ketones is 1. The number of carbonyl (C=O) groups excluding carboxylic acids is 7. The van der Waals surface area contributed by atoms with Crippen molar-refractivity contribution in [1.29, 1.82) is 0 Å². The Bertz CT molecular complexity index is 2590. The molecule has 20 nitrogen and oxygen atoms in total. The lowest BCUT2D eigenvalue weighted by Gasteiger charge is -2.67. The Kier molecular flexibility index (Phi) is 18.0. The lowest BCUT2D eigenvalue weighted by atomic mass is 9.44. The number of Topliss-reactive ketones (excluding diaryl/α,β-unsaturated/α-hetero) is 1. The van der Waals surface area contributed by atoms with Gasteiger partial charge in [0.15, 0.2) is 17.5 Å². The average Bonchev–Trinajstić information content (AvgIpc) is 3.31. The number of ether oxygens (including phenoxy) is 9. The number of hydrogen-bond donors (Lipinski definition) is 4. The third kappa shape index (κ3) is 12.4. The maximum Gasteiger partial charge on any atom is 0.509 e. The second kappa shape index (κ2) is 22.4. The SMILES string of the molecule is CC(=O)O[C@@]12CO[C@@H]1C[C@H](OC(=O)OCC(Cl)(Cl)Cl)[C@@]1(C)C(=O)[C@H](OC(=O)OCC(Cl)(Cl)Cl)C3=C(C)[C@@H](OC(=O)[C@](O)(CO)[C@@H](NC(=O)OC(C)(C)C)c4ccccc4)C[C@@](O)([C@@H](OC(=O)c4ccccc4)[C@H]21)C3(C)C. The van der Waals surface area contributed by atoms with Crippen molar-refractivity contribution in [1.82, 2.24) is 5.32 Å². The van der Waals surface area contributed by atoms with Gasteiger partial charge in [-0.25, -0.2) is 24.0 Å². The van der Waals surface area contributed by atoms with E-state index in [4.69, 9.17) is 112 Å². The molecule has 2 aromatic carbocycles. The number of nitrogens with one attached hydrogen (secondary N) is 1.